The molecule has 2 N–H and O–H groups in total. The average Bonchev–Trinajstić information content (AvgIpc) is 2.41. The maximum absolute atomic E-state index is 12.3. The highest BCUT2D eigenvalue weighted by Crippen LogP contribution is 2.26. The number of sulfonamides is 1. The van der Waals surface area contributed by atoms with Crippen LogP contribution in [0.2, 0.25) is 0 Å². The number of benzene rings is 2. The molecule has 5 nitrogen and oxygen atoms in total. The molecule has 20 heavy (non-hydrogen) atoms. The molecule has 0 saturated heterocycles. The van der Waals surface area contributed by atoms with Crippen molar-refractivity contribution >= 4 is 15.7 Å². The number of hydrogen-bond acceptors (Lipinski definition) is 4. The number of phenols is 1. The molecule has 0 bridgehead atoms. The highest BCUT2D eigenvalue weighted by molar-refractivity contribution is 7.92. The predicted molar refractivity (Wildman–Crippen MR) is 74.8 cm³/mol. The van der Waals surface area contributed by atoms with Gasteiger partial charge in [0.15, 0.2) is 0 Å². The first-order valence-corrected chi connectivity index (χ1v) is 7.24. The number of para-hydroxylation sites is 2. The molecule has 0 aliphatic rings. The summed E-state index contributed by atoms with van der Waals surface area (Å²) in [6, 6.07) is 12.4. The second kappa shape index (κ2) is 5.23. The molecule has 102 valence electrons. The van der Waals surface area contributed by atoms with Gasteiger partial charge in [-0.05, 0) is 36.8 Å². The number of nitrogens with zero attached hydrogens (tertiary/aromatic N) is 1. The van der Waals surface area contributed by atoms with Crippen molar-refractivity contribution in [2.24, 2.45) is 0 Å². The monoisotopic (exact) mass is 288 g/mol. The summed E-state index contributed by atoms with van der Waals surface area (Å²) in [7, 11) is -3.86. The lowest BCUT2D eigenvalue weighted by Crippen LogP contribution is -2.14. The van der Waals surface area contributed by atoms with Gasteiger partial charge < -0.3 is 5.11 Å². The molecule has 0 spiro atoms. The SMILES string of the molecule is Cc1ccc(C#N)cc1S(=O)(=O)Nc1ccccc1O. The Kier molecular flexibility index (Phi) is 3.63. The highest BCUT2D eigenvalue weighted by atomic mass is 32.2. The van der Waals surface area contributed by atoms with Crippen molar-refractivity contribution in [1.82, 2.24) is 0 Å². The normalized spacial score (nSPS) is 10.8. The summed E-state index contributed by atoms with van der Waals surface area (Å²) in [6.45, 7) is 1.64. The number of nitrogens with one attached hydrogen (secondary N) is 1. The van der Waals surface area contributed by atoms with Crippen LogP contribution in [0.1, 0.15) is 11.1 Å². The molecule has 0 atom stereocenters. The number of rotatable bonds is 3. The van der Waals surface area contributed by atoms with Gasteiger partial charge in [0.25, 0.3) is 10.0 Å². The predicted octanol–water partition coefficient (Wildman–Crippen LogP) is 2.37. The Balaban J connectivity index is 2.47. The highest BCUT2D eigenvalue weighted by Gasteiger charge is 2.18. The second-order valence-corrected chi connectivity index (χ2v) is 5.87. The van der Waals surface area contributed by atoms with Gasteiger partial charge in [-0.3, -0.25) is 4.72 Å². The fourth-order valence-electron chi connectivity index (χ4n) is 1.72. The maximum Gasteiger partial charge on any atom is 0.262 e. The Morgan fingerprint density at radius 2 is 1.90 bits per heavy atom. The fourth-order valence-corrected chi connectivity index (χ4v) is 3.06. The minimum absolute atomic E-state index is 0.0137. The average molecular weight is 288 g/mol. The van der Waals surface area contributed by atoms with Gasteiger partial charge in [-0.25, -0.2) is 8.42 Å². The largest absolute Gasteiger partial charge is 0.506 e. The van der Waals surface area contributed by atoms with Crippen LogP contribution < -0.4 is 4.72 Å². The summed E-state index contributed by atoms with van der Waals surface area (Å²) in [6.07, 6.45) is 0. The number of phenolic OH excluding ortho intramolecular Hbond substituents is 1. The van der Waals surface area contributed by atoms with Gasteiger partial charge in [0, 0.05) is 0 Å². The molecule has 0 aliphatic carbocycles. The fraction of sp³-hybridized carbons (Fsp3) is 0.0714. The van der Waals surface area contributed by atoms with Gasteiger partial charge in [-0.1, -0.05) is 18.2 Å². The number of nitriles is 1. The van der Waals surface area contributed by atoms with Gasteiger partial charge in [0.05, 0.1) is 22.2 Å². The van der Waals surface area contributed by atoms with E-state index in [9.17, 15) is 13.5 Å². The van der Waals surface area contributed by atoms with E-state index in [1.807, 2.05) is 6.07 Å². The third-order valence-electron chi connectivity index (χ3n) is 2.76. The van der Waals surface area contributed by atoms with Crippen LogP contribution in [-0.2, 0) is 10.0 Å². The summed E-state index contributed by atoms with van der Waals surface area (Å²) >= 11 is 0. The molecule has 2 rings (SSSR count). The Morgan fingerprint density at radius 3 is 2.55 bits per heavy atom. The van der Waals surface area contributed by atoms with Crippen LogP contribution in [0.5, 0.6) is 5.75 Å². The molecule has 0 fully saturated rings. The first-order chi connectivity index (χ1) is 9.44. The summed E-state index contributed by atoms with van der Waals surface area (Å²) < 4.78 is 26.9. The zero-order valence-corrected chi connectivity index (χ0v) is 11.5. The van der Waals surface area contributed by atoms with Crippen LogP contribution in [-0.4, -0.2) is 13.5 Å². The van der Waals surface area contributed by atoms with E-state index in [4.69, 9.17) is 5.26 Å². The van der Waals surface area contributed by atoms with E-state index in [-0.39, 0.29) is 21.9 Å². The minimum atomic E-state index is -3.86. The van der Waals surface area contributed by atoms with Crippen LogP contribution >= 0.6 is 0 Å². The Hall–Kier alpha value is -2.52. The minimum Gasteiger partial charge on any atom is -0.506 e. The van der Waals surface area contributed by atoms with Gasteiger partial charge in [0.1, 0.15) is 5.75 Å². The van der Waals surface area contributed by atoms with Gasteiger partial charge in [-0.15, -0.1) is 0 Å². The molecular formula is C14H12N2O3S. The van der Waals surface area contributed by atoms with E-state index in [1.165, 1.54) is 18.2 Å². The molecule has 2 aromatic carbocycles. The number of aryl methyl sites for hydroxylation is 1. The molecule has 0 heterocycles. The first kappa shape index (κ1) is 13.9. The van der Waals surface area contributed by atoms with Crippen molar-refractivity contribution in [3.05, 3.63) is 53.6 Å². The molecule has 0 aromatic heterocycles. The van der Waals surface area contributed by atoms with Gasteiger partial charge >= 0.3 is 0 Å². The topological polar surface area (TPSA) is 90.2 Å². The Labute approximate surface area is 117 Å². The Morgan fingerprint density at radius 1 is 1.20 bits per heavy atom. The van der Waals surface area contributed by atoms with Crippen LogP contribution in [0.3, 0.4) is 0 Å². The van der Waals surface area contributed by atoms with Gasteiger partial charge in [-0.2, -0.15) is 5.26 Å². The molecule has 0 unspecified atom stereocenters. The lowest BCUT2D eigenvalue weighted by atomic mass is 10.2. The van der Waals surface area contributed by atoms with E-state index in [1.54, 1.807) is 31.2 Å². The molecule has 0 radical (unpaired) electrons. The van der Waals surface area contributed by atoms with E-state index < -0.39 is 10.0 Å². The first-order valence-electron chi connectivity index (χ1n) is 5.75. The number of hydrogen-bond donors (Lipinski definition) is 2. The van der Waals surface area contributed by atoms with Crippen molar-refractivity contribution < 1.29 is 13.5 Å². The second-order valence-electron chi connectivity index (χ2n) is 4.21. The standard InChI is InChI=1S/C14H12N2O3S/c1-10-6-7-11(9-15)8-14(10)20(18,19)16-12-4-2-3-5-13(12)17/h2-8,16-17H,1H3. The van der Waals surface area contributed by atoms with E-state index >= 15 is 0 Å². The van der Waals surface area contributed by atoms with E-state index in [0.29, 0.717) is 5.56 Å². The summed E-state index contributed by atoms with van der Waals surface area (Å²) in [5.74, 6) is -0.162. The summed E-state index contributed by atoms with van der Waals surface area (Å²) in [4.78, 5) is 0.0137. The summed E-state index contributed by atoms with van der Waals surface area (Å²) in [5, 5.41) is 18.5. The Bertz CT molecular complexity index is 792. The number of anilines is 1. The zero-order valence-electron chi connectivity index (χ0n) is 10.7. The van der Waals surface area contributed by atoms with Crippen LogP contribution in [0.25, 0.3) is 0 Å². The molecular weight excluding hydrogens is 276 g/mol. The molecule has 0 amide bonds. The van der Waals surface area contributed by atoms with Crippen LogP contribution in [0.4, 0.5) is 5.69 Å². The van der Waals surface area contributed by atoms with Crippen molar-refractivity contribution in [2.75, 3.05) is 4.72 Å². The lowest BCUT2D eigenvalue weighted by Gasteiger charge is -2.11. The molecule has 0 aliphatic heterocycles. The van der Waals surface area contributed by atoms with Crippen LogP contribution in [0.15, 0.2) is 47.4 Å². The quantitative estimate of drug-likeness (QED) is 0.848. The maximum atomic E-state index is 12.3. The number of aromatic hydroxyl groups is 1. The third-order valence-corrected chi connectivity index (χ3v) is 4.26. The molecule has 0 saturated carbocycles. The lowest BCUT2D eigenvalue weighted by molar-refractivity contribution is 0.477. The van der Waals surface area contributed by atoms with Gasteiger partial charge in [0.2, 0.25) is 0 Å². The zero-order chi connectivity index (χ0) is 14.8. The third kappa shape index (κ3) is 2.73. The van der Waals surface area contributed by atoms with Crippen molar-refractivity contribution in [3.8, 4) is 11.8 Å². The van der Waals surface area contributed by atoms with E-state index in [2.05, 4.69) is 4.72 Å². The summed E-state index contributed by atoms with van der Waals surface area (Å²) in [5.41, 5.74) is 0.870. The van der Waals surface area contributed by atoms with Crippen molar-refractivity contribution in [3.63, 3.8) is 0 Å². The van der Waals surface area contributed by atoms with Crippen molar-refractivity contribution in [1.29, 1.82) is 5.26 Å². The van der Waals surface area contributed by atoms with E-state index in [0.717, 1.165) is 0 Å². The van der Waals surface area contributed by atoms with Crippen LogP contribution in [0, 0.1) is 18.3 Å². The smallest absolute Gasteiger partial charge is 0.262 e. The molecule has 6 heteroatoms. The molecule has 2 aromatic rings. The van der Waals surface area contributed by atoms with Crippen molar-refractivity contribution in [2.45, 2.75) is 11.8 Å².